The Morgan fingerprint density at radius 3 is 2.67 bits per heavy atom. The van der Waals surface area contributed by atoms with Gasteiger partial charge in [-0.1, -0.05) is 23.7 Å². The molecule has 1 heterocycles. The van der Waals surface area contributed by atoms with Crippen LogP contribution in [0, 0.1) is 5.82 Å². The first-order valence-electron chi connectivity index (χ1n) is 4.96. The summed E-state index contributed by atoms with van der Waals surface area (Å²) >= 11 is 8.96. The number of amides is 1. The molecule has 1 amide bonds. The quantitative estimate of drug-likeness (QED) is 0.849. The van der Waals surface area contributed by atoms with Gasteiger partial charge >= 0.3 is 0 Å². The van der Waals surface area contributed by atoms with Crippen LogP contribution in [0.3, 0.4) is 0 Å². The number of benzene rings is 1. The summed E-state index contributed by atoms with van der Waals surface area (Å²) in [5.74, 6) is -1.12. The maximum atomic E-state index is 13.5. The van der Waals surface area contributed by atoms with Crippen molar-refractivity contribution in [1.29, 1.82) is 0 Å². The Kier molecular flexibility index (Phi) is 3.93. The maximum absolute atomic E-state index is 13.5. The predicted octanol–water partition coefficient (Wildman–Crippen LogP) is 3.89. The fourth-order valence-electron chi connectivity index (χ4n) is 1.33. The average molecular weight is 330 g/mol. The van der Waals surface area contributed by atoms with E-state index in [1.807, 2.05) is 0 Å². The van der Waals surface area contributed by atoms with E-state index in [9.17, 15) is 9.18 Å². The molecule has 0 fully saturated rings. The molecule has 0 aliphatic carbocycles. The van der Waals surface area contributed by atoms with Crippen LogP contribution in [0.1, 0.15) is 10.5 Å². The Bertz CT molecular complexity index is 586. The van der Waals surface area contributed by atoms with Crippen molar-refractivity contribution in [2.24, 2.45) is 0 Å². The van der Waals surface area contributed by atoms with Crippen molar-refractivity contribution in [2.75, 3.05) is 5.32 Å². The largest absolute Gasteiger partial charge is 0.317 e. The standard InChI is InChI=1S/C12H7BrClFN2O/c13-10-6-2-5-9(16-10)12(18)17-11-7(14)3-1-4-8(11)15/h1-6H,(H,17,18). The lowest BCUT2D eigenvalue weighted by Gasteiger charge is -2.07. The molecule has 0 atom stereocenters. The van der Waals surface area contributed by atoms with Crippen molar-refractivity contribution < 1.29 is 9.18 Å². The summed E-state index contributed by atoms with van der Waals surface area (Å²) in [5.41, 5.74) is 0.120. The number of aromatic nitrogens is 1. The zero-order chi connectivity index (χ0) is 13.1. The second-order valence-electron chi connectivity index (χ2n) is 3.40. The van der Waals surface area contributed by atoms with Crippen LogP contribution < -0.4 is 5.32 Å². The number of carbonyl (C=O) groups is 1. The van der Waals surface area contributed by atoms with Crippen LogP contribution >= 0.6 is 27.5 Å². The summed E-state index contributed by atoms with van der Waals surface area (Å²) < 4.78 is 14.0. The van der Waals surface area contributed by atoms with E-state index >= 15 is 0 Å². The Balaban J connectivity index is 2.27. The summed E-state index contributed by atoms with van der Waals surface area (Å²) in [4.78, 5) is 15.8. The zero-order valence-corrected chi connectivity index (χ0v) is 11.3. The van der Waals surface area contributed by atoms with Crippen LogP contribution in [0.5, 0.6) is 0 Å². The topological polar surface area (TPSA) is 42.0 Å². The van der Waals surface area contributed by atoms with Gasteiger partial charge in [0.25, 0.3) is 5.91 Å². The van der Waals surface area contributed by atoms with E-state index in [1.54, 1.807) is 12.1 Å². The van der Waals surface area contributed by atoms with Gasteiger partial charge < -0.3 is 5.32 Å². The van der Waals surface area contributed by atoms with Gasteiger partial charge in [0.1, 0.15) is 16.1 Å². The molecule has 1 N–H and O–H groups in total. The highest BCUT2D eigenvalue weighted by Crippen LogP contribution is 2.25. The summed E-state index contributed by atoms with van der Waals surface area (Å²) in [5, 5.41) is 2.53. The molecule has 0 radical (unpaired) electrons. The van der Waals surface area contributed by atoms with Crippen molar-refractivity contribution in [2.45, 2.75) is 0 Å². The molecule has 1 aromatic carbocycles. The highest BCUT2D eigenvalue weighted by molar-refractivity contribution is 9.10. The van der Waals surface area contributed by atoms with E-state index in [0.717, 1.165) is 0 Å². The van der Waals surface area contributed by atoms with E-state index in [1.165, 1.54) is 24.3 Å². The molecule has 18 heavy (non-hydrogen) atoms. The molecule has 0 saturated heterocycles. The first-order valence-corrected chi connectivity index (χ1v) is 6.13. The number of anilines is 1. The monoisotopic (exact) mass is 328 g/mol. The molecule has 0 aliphatic heterocycles. The van der Waals surface area contributed by atoms with Gasteiger partial charge in [0.15, 0.2) is 0 Å². The van der Waals surface area contributed by atoms with Gasteiger partial charge in [0, 0.05) is 0 Å². The lowest BCUT2D eigenvalue weighted by atomic mass is 10.3. The van der Waals surface area contributed by atoms with Gasteiger partial charge in [0.05, 0.1) is 10.7 Å². The van der Waals surface area contributed by atoms with E-state index < -0.39 is 11.7 Å². The van der Waals surface area contributed by atoms with E-state index in [4.69, 9.17) is 11.6 Å². The SMILES string of the molecule is O=C(Nc1c(F)cccc1Cl)c1cccc(Br)n1. The number of nitrogens with one attached hydrogen (secondary N) is 1. The van der Waals surface area contributed by atoms with Gasteiger partial charge in [-0.2, -0.15) is 0 Å². The van der Waals surface area contributed by atoms with E-state index in [2.05, 4.69) is 26.2 Å². The Morgan fingerprint density at radius 2 is 2.00 bits per heavy atom. The number of para-hydroxylation sites is 1. The molecule has 0 bridgehead atoms. The Labute approximate surface area is 116 Å². The number of rotatable bonds is 2. The normalized spacial score (nSPS) is 10.2. The second kappa shape index (κ2) is 5.46. The molecular weight excluding hydrogens is 322 g/mol. The van der Waals surface area contributed by atoms with Crippen LogP contribution in [0.25, 0.3) is 0 Å². The van der Waals surface area contributed by atoms with Gasteiger partial charge in [-0.3, -0.25) is 4.79 Å². The lowest BCUT2D eigenvalue weighted by Crippen LogP contribution is -2.15. The molecule has 0 spiro atoms. The summed E-state index contributed by atoms with van der Waals surface area (Å²) in [6.45, 7) is 0. The molecule has 92 valence electrons. The molecule has 0 unspecified atom stereocenters. The third kappa shape index (κ3) is 2.86. The molecular formula is C12H7BrClFN2O. The Morgan fingerprint density at radius 1 is 1.28 bits per heavy atom. The van der Waals surface area contributed by atoms with E-state index in [-0.39, 0.29) is 16.4 Å². The zero-order valence-electron chi connectivity index (χ0n) is 8.95. The minimum atomic E-state index is -0.592. The van der Waals surface area contributed by atoms with Crippen molar-refractivity contribution in [3.8, 4) is 0 Å². The minimum Gasteiger partial charge on any atom is -0.317 e. The van der Waals surface area contributed by atoms with Gasteiger partial charge in [-0.15, -0.1) is 0 Å². The third-order valence-electron chi connectivity index (χ3n) is 2.15. The van der Waals surface area contributed by atoms with Crippen LogP contribution in [0.15, 0.2) is 41.0 Å². The first kappa shape index (κ1) is 13.0. The number of halogens is 3. The van der Waals surface area contributed by atoms with Crippen molar-refractivity contribution in [1.82, 2.24) is 4.98 Å². The van der Waals surface area contributed by atoms with Gasteiger partial charge in [0.2, 0.25) is 0 Å². The second-order valence-corrected chi connectivity index (χ2v) is 4.62. The number of hydrogen-bond acceptors (Lipinski definition) is 2. The summed E-state index contributed by atoms with van der Waals surface area (Å²) in [6, 6.07) is 9.05. The van der Waals surface area contributed by atoms with Gasteiger partial charge in [-0.05, 0) is 40.2 Å². The minimum absolute atomic E-state index is 0.0501. The number of hydrogen-bond donors (Lipinski definition) is 1. The van der Waals surface area contributed by atoms with Crippen LogP contribution in [-0.2, 0) is 0 Å². The van der Waals surface area contributed by atoms with Crippen LogP contribution in [0.4, 0.5) is 10.1 Å². The molecule has 2 rings (SSSR count). The highest BCUT2D eigenvalue weighted by atomic mass is 79.9. The number of nitrogens with zero attached hydrogens (tertiary/aromatic N) is 1. The van der Waals surface area contributed by atoms with E-state index in [0.29, 0.717) is 4.60 Å². The first-order chi connectivity index (χ1) is 8.58. The highest BCUT2D eigenvalue weighted by Gasteiger charge is 2.13. The molecule has 2 aromatic rings. The van der Waals surface area contributed by atoms with Crippen molar-refractivity contribution in [3.05, 3.63) is 57.5 Å². The smallest absolute Gasteiger partial charge is 0.274 e. The Hall–Kier alpha value is -1.46. The summed E-state index contributed by atoms with van der Waals surface area (Å²) in [7, 11) is 0. The van der Waals surface area contributed by atoms with Gasteiger partial charge in [-0.25, -0.2) is 9.37 Å². The van der Waals surface area contributed by atoms with Crippen molar-refractivity contribution in [3.63, 3.8) is 0 Å². The fraction of sp³-hybridized carbons (Fsp3) is 0. The number of carbonyl (C=O) groups excluding carboxylic acids is 1. The number of pyridine rings is 1. The lowest BCUT2D eigenvalue weighted by molar-refractivity contribution is 0.102. The fourth-order valence-corrected chi connectivity index (χ4v) is 1.88. The maximum Gasteiger partial charge on any atom is 0.274 e. The predicted molar refractivity (Wildman–Crippen MR) is 71.3 cm³/mol. The van der Waals surface area contributed by atoms with Crippen LogP contribution in [0.2, 0.25) is 5.02 Å². The molecule has 6 heteroatoms. The molecule has 0 saturated carbocycles. The molecule has 0 aliphatic rings. The average Bonchev–Trinajstić information content (AvgIpc) is 2.34. The van der Waals surface area contributed by atoms with Crippen molar-refractivity contribution >= 4 is 39.1 Å². The van der Waals surface area contributed by atoms with Crippen LogP contribution in [-0.4, -0.2) is 10.9 Å². The molecule has 3 nitrogen and oxygen atoms in total. The summed E-state index contributed by atoms with van der Waals surface area (Å²) in [6.07, 6.45) is 0. The third-order valence-corrected chi connectivity index (χ3v) is 2.91. The molecule has 1 aromatic heterocycles.